The Morgan fingerprint density at radius 1 is 0.710 bits per heavy atom. The van der Waals surface area contributed by atoms with Crippen molar-refractivity contribution in [2.45, 2.75) is 63.9 Å². The van der Waals surface area contributed by atoms with Gasteiger partial charge in [-0.05, 0) is 97.3 Å². The first-order valence-corrected chi connectivity index (χ1v) is 12.3. The van der Waals surface area contributed by atoms with Gasteiger partial charge in [-0.15, -0.1) is 13.2 Å². The lowest BCUT2D eigenvalue weighted by atomic mass is 9.68. The Bertz CT molecular complexity index is 816. The maximum Gasteiger partial charge on any atom is 0.0721 e. The van der Waals surface area contributed by atoms with E-state index >= 15 is 0 Å². The fraction of sp³-hybridized carbons (Fsp3) is 0.467. The SMILES string of the molecule is C=CCOCc1ccc(-c2ccc([C@H]3CC[C@H]([C@H]4CC[C@H](C=C)CC4)CC3)cc2)cc1. The molecule has 0 radical (unpaired) electrons. The van der Waals surface area contributed by atoms with Crippen molar-refractivity contribution in [3.8, 4) is 11.1 Å². The van der Waals surface area contributed by atoms with Gasteiger partial charge in [0, 0.05) is 0 Å². The van der Waals surface area contributed by atoms with Crippen molar-refractivity contribution in [1.29, 1.82) is 0 Å². The Hall–Kier alpha value is -2.12. The molecule has 164 valence electrons. The smallest absolute Gasteiger partial charge is 0.0721 e. The number of benzene rings is 2. The number of hydrogen-bond donors (Lipinski definition) is 0. The quantitative estimate of drug-likeness (QED) is 0.312. The molecule has 2 aliphatic rings. The molecule has 0 atom stereocenters. The third-order valence-corrected chi connectivity index (χ3v) is 7.76. The summed E-state index contributed by atoms with van der Waals surface area (Å²) in [6.07, 6.45) is 15.2. The summed E-state index contributed by atoms with van der Waals surface area (Å²) in [6, 6.07) is 18.1. The summed E-state index contributed by atoms with van der Waals surface area (Å²) in [5.41, 5.74) is 5.32. The van der Waals surface area contributed by atoms with Gasteiger partial charge >= 0.3 is 0 Å². The van der Waals surface area contributed by atoms with Crippen LogP contribution in [0.5, 0.6) is 0 Å². The first-order chi connectivity index (χ1) is 15.3. The lowest BCUT2D eigenvalue weighted by Gasteiger charge is -2.37. The van der Waals surface area contributed by atoms with Crippen LogP contribution in [0, 0.1) is 17.8 Å². The van der Waals surface area contributed by atoms with Crippen LogP contribution >= 0.6 is 0 Å². The minimum Gasteiger partial charge on any atom is -0.373 e. The van der Waals surface area contributed by atoms with Gasteiger partial charge in [0.2, 0.25) is 0 Å². The topological polar surface area (TPSA) is 9.23 Å². The second kappa shape index (κ2) is 11.0. The molecule has 0 spiro atoms. The second-order valence-corrected chi connectivity index (χ2v) is 9.65. The van der Waals surface area contributed by atoms with E-state index in [4.69, 9.17) is 4.74 Å². The van der Waals surface area contributed by atoms with Crippen molar-refractivity contribution >= 4 is 0 Å². The molecule has 1 heteroatoms. The lowest BCUT2D eigenvalue weighted by molar-refractivity contribution is 0.149. The Morgan fingerprint density at radius 2 is 1.26 bits per heavy atom. The van der Waals surface area contributed by atoms with Gasteiger partial charge in [-0.1, -0.05) is 60.7 Å². The van der Waals surface area contributed by atoms with Crippen LogP contribution < -0.4 is 0 Å². The van der Waals surface area contributed by atoms with Gasteiger partial charge in [0.05, 0.1) is 13.2 Å². The monoisotopic (exact) mass is 414 g/mol. The first-order valence-electron chi connectivity index (χ1n) is 12.3. The average molecular weight is 415 g/mol. The molecule has 2 aliphatic carbocycles. The van der Waals surface area contributed by atoms with E-state index in [1.165, 1.54) is 73.6 Å². The predicted molar refractivity (Wildman–Crippen MR) is 132 cm³/mol. The van der Waals surface area contributed by atoms with E-state index in [1.807, 2.05) is 0 Å². The molecule has 2 fully saturated rings. The van der Waals surface area contributed by atoms with Crippen molar-refractivity contribution in [2.75, 3.05) is 6.61 Å². The van der Waals surface area contributed by atoms with E-state index < -0.39 is 0 Å². The standard InChI is InChI=1S/C30H38O/c1-3-21-31-22-24-7-11-26(12-8-24)28-15-19-30(20-16-28)29-17-13-27(14-18-29)25-9-5-23(4-2)6-10-25/h3-4,7-8,11-12,15-16,19-20,23,25,27,29H,1-2,5-6,9-10,13-14,17-18,21-22H2/t23-,25-,27-,29-. The normalized spacial score (nSPS) is 26.3. The fourth-order valence-electron chi connectivity index (χ4n) is 5.78. The molecule has 2 aromatic rings. The zero-order valence-electron chi connectivity index (χ0n) is 19.0. The van der Waals surface area contributed by atoms with Gasteiger partial charge in [-0.25, -0.2) is 0 Å². The second-order valence-electron chi connectivity index (χ2n) is 9.65. The molecule has 2 saturated carbocycles. The highest BCUT2D eigenvalue weighted by Gasteiger charge is 2.30. The summed E-state index contributed by atoms with van der Waals surface area (Å²) in [5, 5.41) is 0. The summed E-state index contributed by atoms with van der Waals surface area (Å²) in [4.78, 5) is 0. The zero-order valence-corrected chi connectivity index (χ0v) is 19.0. The van der Waals surface area contributed by atoms with Gasteiger partial charge in [-0.3, -0.25) is 0 Å². The van der Waals surface area contributed by atoms with Crippen LogP contribution in [0.2, 0.25) is 0 Å². The molecule has 0 saturated heterocycles. The summed E-state index contributed by atoms with van der Waals surface area (Å²) in [5.74, 6) is 3.48. The van der Waals surface area contributed by atoms with Crippen LogP contribution in [0.15, 0.2) is 73.8 Å². The molecule has 0 unspecified atom stereocenters. The molecule has 2 aromatic carbocycles. The maximum absolute atomic E-state index is 5.53. The third kappa shape index (κ3) is 5.77. The Morgan fingerprint density at radius 3 is 1.81 bits per heavy atom. The van der Waals surface area contributed by atoms with E-state index in [9.17, 15) is 0 Å². The van der Waals surface area contributed by atoms with Crippen molar-refractivity contribution < 1.29 is 4.74 Å². The average Bonchev–Trinajstić information content (AvgIpc) is 2.85. The van der Waals surface area contributed by atoms with Crippen LogP contribution in [-0.2, 0) is 11.3 Å². The minimum atomic E-state index is 0.599. The summed E-state index contributed by atoms with van der Waals surface area (Å²) in [6.45, 7) is 8.93. The molecule has 0 aromatic heterocycles. The Labute approximate surface area is 189 Å². The van der Waals surface area contributed by atoms with Crippen molar-refractivity contribution in [3.63, 3.8) is 0 Å². The summed E-state index contributed by atoms with van der Waals surface area (Å²) < 4.78 is 5.53. The molecule has 1 nitrogen and oxygen atoms in total. The highest BCUT2D eigenvalue weighted by atomic mass is 16.5. The van der Waals surface area contributed by atoms with Crippen molar-refractivity contribution in [1.82, 2.24) is 0 Å². The predicted octanol–water partition coefficient (Wildman–Crippen LogP) is 8.32. The van der Waals surface area contributed by atoms with E-state index in [2.05, 4.69) is 67.8 Å². The van der Waals surface area contributed by atoms with Crippen LogP contribution in [-0.4, -0.2) is 6.61 Å². The highest BCUT2D eigenvalue weighted by Crippen LogP contribution is 2.44. The summed E-state index contributed by atoms with van der Waals surface area (Å²) in [7, 11) is 0. The number of ether oxygens (including phenoxy) is 1. The van der Waals surface area contributed by atoms with Gasteiger partial charge in [0.1, 0.15) is 0 Å². The molecule has 0 heterocycles. The van der Waals surface area contributed by atoms with Gasteiger partial charge < -0.3 is 4.74 Å². The fourth-order valence-corrected chi connectivity index (χ4v) is 5.78. The molecular weight excluding hydrogens is 376 g/mol. The third-order valence-electron chi connectivity index (χ3n) is 7.76. The molecular formula is C30H38O. The largest absolute Gasteiger partial charge is 0.373 e. The zero-order chi connectivity index (χ0) is 21.5. The van der Waals surface area contributed by atoms with Crippen LogP contribution in [0.25, 0.3) is 11.1 Å². The Balaban J connectivity index is 1.29. The van der Waals surface area contributed by atoms with E-state index in [0.29, 0.717) is 13.2 Å². The molecule has 31 heavy (non-hydrogen) atoms. The van der Waals surface area contributed by atoms with Gasteiger partial charge in [0.25, 0.3) is 0 Å². The van der Waals surface area contributed by atoms with Crippen molar-refractivity contribution in [3.05, 3.63) is 85.0 Å². The number of allylic oxidation sites excluding steroid dienone is 1. The molecule has 4 rings (SSSR count). The van der Waals surface area contributed by atoms with Crippen molar-refractivity contribution in [2.24, 2.45) is 17.8 Å². The molecule has 0 amide bonds. The minimum absolute atomic E-state index is 0.599. The van der Waals surface area contributed by atoms with Gasteiger partial charge in [-0.2, -0.15) is 0 Å². The first kappa shape index (κ1) is 22.1. The van der Waals surface area contributed by atoms with Crippen LogP contribution in [0.3, 0.4) is 0 Å². The number of rotatable bonds is 8. The summed E-state index contributed by atoms with van der Waals surface area (Å²) >= 11 is 0. The maximum atomic E-state index is 5.53. The van der Waals surface area contributed by atoms with Crippen LogP contribution in [0.1, 0.15) is 68.4 Å². The number of hydrogen-bond acceptors (Lipinski definition) is 1. The van der Waals surface area contributed by atoms with E-state index in [1.54, 1.807) is 6.08 Å². The van der Waals surface area contributed by atoms with Gasteiger partial charge in [0.15, 0.2) is 0 Å². The highest BCUT2D eigenvalue weighted by molar-refractivity contribution is 5.64. The Kier molecular flexibility index (Phi) is 7.81. The lowest BCUT2D eigenvalue weighted by Crippen LogP contribution is -2.25. The van der Waals surface area contributed by atoms with Crippen LogP contribution in [0.4, 0.5) is 0 Å². The van der Waals surface area contributed by atoms with E-state index in [-0.39, 0.29) is 0 Å². The molecule has 0 N–H and O–H groups in total. The van der Waals surface area contributed by atoms with E-state index in [0.717, 1.165) is 23.7 Å². The molecule has 0 bridgehead atoms. The molecule has 0 aliphatic heterocycles.